The Balaban J connectivity index is 1.86. The summed E-state index contributed by atoms with van der Waals surface area (Å²) in [6, 6.07) is 10.6. The molecule has 0 aromatic heterocycles. The zero-order valence-electron chi connectivity index (χ0n) is 14.4. The van der Waals surface area contributed by atoms with Gasteiger partial charge in [-0.25, -0.2) is 12.8 Å². The summed E-state index contributed by atoms with van der Waals surface area (Å²) in [5.41, 5.74) is 1.74. The highest BCUT2D eigenvalue weighted by molar-refractivity contribution is 7.92. The van der Waals surface area contributed by atoms with Crippen molar-refractivity contribution in [3.63, 3.8) is 0 Å². The van der Waals surface area contributed by atoms with Gasteiger partial charge in [-0.2, -0.15) is 0 Å². The number of aryl methyl sites for hydroxylation is 1. The van der Waals surface area contributed by atoms with E-state index in [-0.39, 0.29) is 13.0 Å². The highest BCUT2D eigenvalue weighted by atomic mass is 32.2. The molecule has 1 N–H and O–H groups in total. The normalized spacial score (nSPS) is 17.0. The van der Waals surface area contributed by atoms with E-state index in [4.69, 9.17) is 4.74 Å². The Morgan fingerprint density at radius 2 is 1.92 bits per heavy atom. The molecule has 1 aliphatic heterocycles. The van der Waals surface area contributed by atoms with E-state index in [0.29, 0.717) is 17.1 Å². The van der Waals surface area contributed by atoms with Gasteiger partial charge in [-0.05, 0) is 48.9 Å². The summed E-state index contributed by atoms with van der Waals surface area (Å²) in [7, 11) is -3.51. The summed E-state index contributed by atoms with van der Waals surface area (Å²) in [5, 5.41) is 2.66. The van der Waals surface area contributed by atoms with Gasteiger partial charge in [0.05, 0.1) is 11.9 Å². The van der Waals surface area contributed by atoms with E-state index in [1.54, 1.807) is 18.2 Å². The van der Waals surface area contributed by atoms with Crippen LogP contribution >= 0.6 is 0 Å². The van der Waals surface area contributed by atoms with Crippen molar-refractivity contribution in [2.45, 2.75) is 19.4 Å². The van der Waals surface area contributed by atoms with Crippen LogP contribution in [0, 0.1) is 12.7 Å². The lowest BCUT2D eigenvalue weighted by molar-refractivity contribution is -0.122. The van der Waals surface area contributed by atoms with Gasteiger partial charge in [0.2, 0.25) is 10.0 Å². The molecule has 1 atom stereocenters. The van der Waals surface area contributed by atoms with Crippen LogP contribution in [0.25, 0.3) is 0 Å². The molecule has 0 spiro atoms. The lowest BCUT2D eigenvalue weighted by Crippen LogP contribution is -2.35. The topological polar surface area (TPSA) is 75.7 Å². The predicted molar refractivity (Wildman–Crippen MR) is 97.4 cm³/mol. The molecule has 0 saturated heterocycles. The van der Waals surface area contributed by atoms with E-state index in [2.05, 4.69) is 5.32 Å². The van der Waals surface area contributed by atoms with E-state index in [1.807, 2.05) is 6.92 Å². The number of hydrogen-bond acceptors (Lipinski definition) is 4. The third kappa shape index (κ3) is 3.96. The van der Waals surface area contributed by atoms with Crippen molar-refractivity contribution in [3.05, 3.63) is 53.8 Å². The first-order valence-corrected chi connectivity index (χ1v) is 9.90. The number of carbonyl (C=O) groups excluding carboxylic acids is 1. The minimum atomic E-state index is -3.51. The van der Waals surface area contributed by atoms with Crippen molar-refractivity contribution in [2.75, 3.05) is 22.4 Å². The van der Waals surface area contributed by atoms with Gasteiger partial charge < -0.3 is 10.1 Å². The van der Waals surface area contributed by atoms with Crippen molar-refractivity contribution in [3.8, 4) is 5.75 Å². The number of rotatable bonds is 3. The molecule has 0 bridgehead atoms. The maximum absolute atomic E-state index is 13.0. The second-order valence-electron chi connectivity index (χ2n) is 6.20. The van der Waals surface area contributed by atoms with E-state index in [9.17, 15) is 17.6 Å². The number of nitrogens with one attached hydrogen (secondary N) is 1. The molecular formula is C18H19FN2O4S. The molecule has 1 aliphatic rings. The molecule has 1 unspecified atom stereocenters. The van der Waals surface area contributed by atoms with Gasteiger partial charge in [0.1, 0.15) is 11.6 Å². The molecule has 3 rings (SSSR count). The van der Waals surface area contributed by atoms with E-state index < -0.39 is 27.9 Å². The minimum absolute atomic E-state index is 0.122. The zero-order chi connectivity index (χ0) is 18.9. The Kier molecular flexibility index (Phi) is 4.86. The van der Waals surface area contributed by atoms with Crippen molar-refractivity contribution in [1.82, 2.24) is 0 Å². The van der Waals surface area contributed by atoms with Crippen LogP contribution < -0.4 is 14.4 Å². The standard InChI is InChI=1S/C18H19FN2O4S/c1-12-3-8-16-15(11-12)21(26(2,23)24)10-9-17(25-16)18(22)20-14-6-4-13(19)5-7-14/h3-8,11,17H,9-10H2,1-2H3,(H,20,22). The number of amides is 1. The first-order chi connectivity index (χ1) is 12.2. The Hall–Kier alpha value is -2.61. The first kappa shape index (κ1) is 18.2. The quantitative estimate of drug-likeness (QED) is 0.891. The zero-order valence-corrected chi connectivity index (χ0v) is 15.2. The third-order valence-electron chi connectivity index (χ3n) is 4.05. The van der Waals surface area contributed by atoms with Crippen molar-refractivity contribution in [1.29, 1.82) is 0 Å². The summed E-state index contributed by atoms with van der Waals surface area (Å²) in [6.07, 6.45) is 0.444. The average molecular weight is 378 g/mol. The Labute approximate surface area is 151 Å². The molecule has 2 aromatic carbocycles. The fourth-order valence-electron chi connectivity index (χ4n) is 2.77. The van der Waals surface area contributed by atoms with Crippen molar-refractivity contribution >= 4 is 27.3 Å². The number of nitrogens with zero attached hydrogens (tertiary/aromatic N) is 1. The number of halogens is 1. The molecule has 1 amide bonds. The van der Waals surface area contributed by atoms with Gasteiger partial charge in [-0.15, -0.1) is 0 Å². The molecule has 8 heteroatoms. The molecule has 0 fully saturated rings. The summed E-state index contributed by atoms with van der Waals surface area (Å²) < 4.78 is 44.3. The van der Waals surface area contributed by atoms with Crippen LogP contribution in [0.15, 0.2) is 42.5 Å². The highest BCUT2D eigenvalue weighted by Crippen LogP contribution is 2.35. The molecule has 0 radical (unpaired) electrons. The maximum atomic E-state index is 13.0. The predicted octanol–water partition coefficient (Wildman–Crippen LogP) is 2.69. The van der Waals surface area contributed by atoms with Crippen LogP contribution in [0.4, 0.5) is 15.8 Å². The second-order valence-corrected chi connectivity index (χ2v) is 8.10. The summed E-state index contributed by atoms with van der Waals surface area (Å²) in [5.74, 6) is -0.488. The van der Waals surface area contributed by atoms with Gasteiger partial charge in [0.15, 0.2) is 6.10 Å². The number of benzene rings is 2. The lowest BCUT2D eigenvalue weighted by atomic mass is 10.2. The second kappa shape index (κ2) is 6.95. The molecule has 1 heterocycles. The molecule has 26 heavy (non-hydrogen) atoms. The number of fused-ring (bicyclic) bond motifs is 1. The number of hydrogen-bond donors (Lipinski definition) is 1. The molecule has 6 nitrogen and oxygen atoms in total. The van der Waals surface area contributed by atoms with Crippen LogP contribution in [0.2, 0.25) is 0 Å². The summed E-state index contributed by atoms with van der Waals surface area (Å²) in [6.45, 7) is 1.97. The van der Waals surface area contributed by atoms with Crippen LogP contribution in [0.1, 0.15) is 12.0 Å². The monoisotopic (exact) mass is 378 g/mol. The number of sulfonamides is 1. The molecule has 2 aromatic rings. The largest absolute Gasteiger partial charge is 0.478 e. The molecular weight excluding hydrogens is 359 g/mol. The highest BCUT2D eigenvalue weighted by Gasteiger charge is 2.31. The Morgan fingerprint density at radius 3 is 2.58 bits per heavy atom. The Morgan fingerprint density at radius 1 is 1.23 bits per heavy atom. The number of ether oxygens (including phenoxy) is 1. The lowest BCUT2D eigenvalue weighted by Gasteiger charge is -2.21. The molecule has 138 valence electrons. The number of carbonyl (C=O) groups is 1. The van der Waals surface area contributed by atoms with Gasteiger partial charge >= 0.3 is 0 Å². The van der Waals surface area contributed by atoms with E-state index in [0.717, 1.165) is 11.8 Å². The molecule has 0 aliphatic carbocycles. The average Bonchev–Trinajstić information content (AvgIpc) is 2.76. The van der Waals surface area contributed by atoms with Crippen LogP contribution in [-0.4, -0.2) is 33.2 Å². The van der Waals surface area contributed by atoms with E-state index in [1.165, 1.54) is 28.6 Å². The van der Waals surface area contributed by atoms with Gasteiger partial charge in [-0.1, -0.05) is 6.07 Å². The fourth-order valence-corrected chi connectivity index (χ4v) is 3.71. The van der Waals surface area contributed by atoms with E-state index >= 15 is 0 Å². The molecule has 0 saturated carbocycles. The van der Waals surface area contributed by atoms with Gasteiger partial charge in [0, 0.05) is 18.7 Å². The minimum Gasteiger partial charge on any atom is -0.478 e. The maximum Gasteiger partial charge on any atom is 0.265 e. The SMILES string of the molecule is Cc1ccc2c(c1)N(S(C)(=O)=O)CCC(C(=O)Nc1ccc(F)cc1)O2. The van der Waals surface area contributed by atoms with Gasteiger partial charge in [-0.3, -0.25) is 9.10 Å². The Bertz CT molecular complexity index is 929. The van der Waals surface area contributed by atoms with Crippen molar-refractivity contribution < 1.29 is 22.3 Å². The summed E-state index contributed by atoms with van der Waals surface area (Å²) in [4.78, 5) is 12.5. The fraction of sp³-hybridized carbons (Fsp3) is 0.278. The van der Waals surface area contributed by atoms with Gasteiger partial charge in [0.25, 0.3) is 5.91 Å². The first-order valence-electron chi connectivity index (χ1n) is 8.05. The van der Waals surface area contributed by atoms with Crippen LogP contribution in [-0.2, 0) is 14.8 Å². The number of anilines is 2. The van der Waals surface area contributed by atoms with Crippen LogP contribution in [0.5, 0.6) is 5.75 Å². The van der Waals surface area contributed by atoms with Crippen LogP contribution in [0.3, 0.4) is 0 Å². The third-order valence-corrected chi connectivity index (χ3v) is 5.23. The summed E-state index contributed by atoms with van der Waals surface area (Å²) >= 11 is 0. The smallest absolute Gasteiger partial charge is 0.265 e. The van der Waals surface area contributed by atoms with Crippen molar-refractivity contribution in [2.24, 2.45) is 0 Å².